The molecule has 1 unspecified atom stereocenters. The van der Waals surface area contributed by atoms with Gasteiger partial charge in [0.15, 0.2) is 0 Å². The average Bonchev–Trinajstić information content (AvgIpc) is 3.30. The Labute approximate surface area is 256 Å². The number of methoxy groups -OCH3 is 1. The molecule has 3 aromatic rings. The van der Waals surface area contributed by atoms with Gasteiger partial charge in [0.2, 0.25) is 5.91 Å². The Morgan fingerprint density at radius 2 is 1.79 bits per heavy atom. The zero-order chi connectivity index (χ0) is 30.2. The van der Waals surface area contributed by atoms with Crippen LogP contribution in [0.15, 0.2) is 48.5 Å². The summed E-state index contributed by atoms with van der Waals surface area (Å²) in [7, 11) is 1.75. The molecule has 8 nitrogen and oxygen atoms in total. The number of ether oxygens (including phenoxy) is 1. The van der Waals surface area contributed by atoms with Crippen LogP contribution in [-0.2, 0) is 22.5 Å². The zero-order valence-electron chi connectivity index (χ0n) is 25.9. The fourth-order valence-electron chi connectivity index (χ4n) is 7.11. The maximum atomic E-state index is 13.4. The lowest BCUT2D eigenvalue weighted by atomic mass is 9.91. The molecule has 1 aliphatic carbocycles. The summed E-state index contributed by atoms with van der Waals surface area (Å²) in [4.78, 5) is 27.8. The lowest BCUT2D eigenvalue weighted by Crippen LogP contribution is -2.42. The molecule has 3 amide bonds. The van der Waals surface area contributed by atoms with E-state index in [0.717, 1.165) is 69.6 Å². The minimum Gasteiger partial charge on any atom is -0.385 e. The Bertz CT molecular complexity index is 1360. The second-order valence-corrected chi connectivity index (χ2v) is 12.5. The summed E-state index contributed by atoms with van der Waals surface area (Å²) in [5.41, 5.74) is 12.3. The number of carbonyl (C=O) groups is 2. The number of likely N-dealkylation sites (tertiary alicyclic amines) is 1. The summed E-state index contributed by atoms with van der Waals surface area (Å²) in [5.74, 6) is 0.439. The van der Waals surface area contributed by atoms with Crippen molar-refractivity contribution in [3.8, 4) is 0 Å². The third kappa shape index (κ3) is 7.98. The van der Waals surface area contributed by atoms with Gasteiger partial charge in [-0.05, 0) is 74.8 Å². The fourth-order valence-corrected chi connectivity index (χ4v) is 7.11. The average molecular weight is 588 g/mol. The highest BCUT2D eigenvalue weighted by Gasteiger charge is 2.30. The molecule has 1 saturated heterocycles. The van der Waals surface area contributed by atoms with Gasteiger partial charge in [0.25, 0.3) is 0 Å². The van der Waals surface area contributed by atoms with E-state index >= 15 is 0 Å². The van der Waals surface area contributed by atoms with Gasteiger partial charge < -0.3 is 30.6 Å². The molecule has 8 heteroatoms. The number of anilines is 1. The number of urea groups is 1. The number of para-hydroxylation sites is 1. The van der Waals surface area contributed by atoms with Crippen LogP contribution >= 0.6 is 0 Å². The van der Waals surface area contributed by atoms with Gasteiger partial charge in [-0.15, -0.1) is 0 Å². The second kappa shape index (κ2) is 14.9. The number of fused-ring (bicyclic) bond motifs is 1. The number of piperidine rings is 1. The van der Waals surface area contributed by atoms with Crippen molar-refractivity contribution in [3.63, 3.8) is 0 Å². The number of rotatable bonds is 11. The number of amides is 3. The normalized spacial score (nSPS) is 18.5. The first kappa shape index (κ1) is 31.1. The van der Waals surface area contributed by atoms with E-state index in [0.29, 0.717) is 18.8 Å². The van der Waals surface area contributed by atoms with E-state index in [9.17, 15) is 9.59 Å². The lowest BCUT2D eigenvalue weighted by Gasteiger charge is -2.34. The molecule has 1 aromatic heterocycles. The van der Waals surface area contributed by atoms with Crippen LogP contribution in [-0.4, -0.2) is 60.3 Å². The van der Waals surface area contributed by atoms with Crippen molar-refractivity contribution in [2.24, 2.45) is 5.73 Å². The quantitative estimate of drug-likeness (QED) is 0.236. The van der Waals surface area contributed by atoms with Crippen LogP contribution in [0.2, 0.25) is 0 Å². The predicted octanol–water partition coefficient (Wildman–Crippen LogP) is 6.11. The first-order chi connectivity index (χ1) is 20.9. The number of nitrogens with one attached hydrogen (secondary N) is 2. The van der Waals surface area contributed by atoms with Crippen molar-refractivity contribution in [3.05, 3.63) is 65.4 Å². The summed E-state index contributed by atoms with van der Waals surface area (Å²) in [6.45, 7) is 5.38. The van der Waals surface area contributed by atoms with Crippen LogP contribution in [0.4, 0.5) is 10.5 Å². The summed E-state index contributed by atoms with van der Waals surface area (Å²) in [6, 6.07) is 16.3. The van der Waals surface area contributed by atoms with Crippen molar-refractivity contribution in [1.29, 1.82) is 0 Å². The Balaban J connectivity index is 1.15. The van der Waals surface area contributed by atoms with E-state index < -0.39 is 0 Å². The molecule has 2 aromatic carbocycles. The summed E-state index contributed by atoms with van der Waals surface area (Å²) < 4.78 is 7.81. The monoisotopic (exact) mass is 587 g/mol. The van der Waals surface area contributed by atoms with Gasteiger partial charge in [-0.25, -0.2) is 4.79 Å². The molecule has 2 aliphatic rings. The van der Waals surface area contributed by atoms with Crippen LogP contribution in [0.5, 0.6) is 0 Å². The second-order valence-electron chi connectivity index (χ2n) is 12.5. The molecule has 0 spiro atoms. The van der Waals surface area contributed by atoms with Crippen molar-refractivity contribution in [2.75, 3.05) is 32.1 Å². The summed E-state index contributed by atoms with van der Waals surface area (Å²) in [6.07, 6.45) is 9.70. The number of hydrogen-bond acceptors (Lipinski definition) is 4. The van der Waals surface area contributed by atoms with E-state index in [1.807, 2.05) is 29.2 Å². The third-order valence-corrected chi connectivity index (χ3v) is 9.25. The van der Waals surface area contributed by atoms with E-state index in [4.69, 9.17) is 10.5 Å². The molecular weight excluding hydrogens is 538 g/mol. The van der Waals surface area contributed by atoms with Gasteiger partial charge in [-0.1, -0.05) is 49.6 Å². The highest BCUT2D eigenvalue weighted by atomic mass is 16.5. The minimum absolute atomic E-state index is 0.134. The highest BCUT2D eigenvalue weighted by Crippen LogP contribution is 2.36. The van der Waals surface area contributed by atoms with Crippen molar-refractivity contribution in [1.82, 2.24) is 14.8 Å². The first-order valence-corrected chi connectivity index (χ1v) is 16.2. The molecule has 0 bridgehead atoms. The number of nitrogens with zero attached hydrogens (tertiary/aromatic N) is 2. The molecule has 4 N–H and O–H groups in total. The van der Waals surface area contributed by atoms with Crippen molar-refractivity contribution < 1.29 is 14.3 Å². The molecular formula is C35H49N5O3. The van der Waals surface area contributed by atoms with Gasteiger partial charge in [-0.2, -0.15) is 0 Å². The molecule has 0 radical (unpaired) electrons. The van der Waals surface area contributed by atoms with E-state index in [2.05, 4.69) is 46.4 Å². The SMILES string of the molecule is COCCCn1c(C2CCCN(C(=O)C[C@H](N)Cc3ccc(NC(=O)NC4CCCCC4)cc3)C2)c(C)c2ccccc21. The standard InChI is InChI=1S/C35H49N5O3/c1-25-31-13-6-7-14-32(31)40(20-9-21-43-2)34(25)27-10-8-19-39(24-27)33(41)23-28(36)22-26-15-17-30(18-16-26)38-35(42)37-29-11-4-3-5-12-29/h6-7,13-18,27-29H,3-5,8-12,19-24,36H2,1-2H3,(H2,37,38,42)/t27?,28-/m1/s1. The highest BCUT2D eigenvalue weighted by molar-refractivity contribution is 5.89. The van der Waals surface area contributed by atoms with Gasteiger partial charge in [0, 0.05) is 80.1 Å². The van der Waals surface area contributed by atoms with Crippen molar-refractivity contribution in [2.45, 2.75) is 95.7 Å². The third-order valence-electron chi connectivity index (χ3n) is 9.25. The van der Waals surface area contributed by atoms with Gasteiger partial charge >= 0.3 is 6.03 Å². The number of nitrogens with two attached hydrogens (primary N) is 1. The first-order valence-electron chi connectivity index (χ1n) is 16.2. The zero-order valence-corrected chi connectivity index (χ0v) is 25.9. The fraction of sp³-hybridized carbons (Fsp3) is 0.543. The van der Waals surface area contributed by atoms with E-state index in [1.165, 1.54) is 41.4 Å². The maximum Gasteiger partial charge on any atom is 0.319 e. The van der Waals surface area contributed by atoms with Crippen LogP contribution in [0.25, 0.3) is 10.9 Å². The van der Waals surface area contributed by atoms with E-state index in [-0.39, 0.29) is 24.0 Å². The molecule has 2 heterocycles. The van der Waals surface area contributed by atoms with Crippen molar-refractivity contribution >= 4 is 28.5 Å². The summed E-state index contributed by atoms with van der Waals surface area (Å²) >= 11 is 0. The van der Waals surface area contributed by atoms with Crippen LogP contribution < -0.4 is 16.4 Å². The Kier molecular flexibility index (Phi) is 10.8. The largest absolute Gasteiger partial charge is 0.385 e. The van der Waals surface area contributed by atoms with Crippen LogP contribution in [0, 0.1) is 6.92 Å². The van der Waals surface area contributed by atoms with Gasteiger partial charge in [-0.3, -0.25) is 4.79 Å². The topological polar surface area (TPSA) is 102 Å². The molecule has 232 valence electrons. The molecule has 43 heavy (non-hydrogen) atoms. The molecule has 2 fully saturated rings. The number of benzene rings is 2. The number of aromatic nitrogens is 1. The molecule has 2 atom stereocenters. The summed E-state index contributed by atoms with van der Waals surface area (Å²) in [5, 5.41) is 7.33. The molecule has 1 saturated carbocycles. The predicted molar refractivity (Wildman–Crippen MR) is 173 cm³/mol. The number of aryl methyl sites for hydroxylation is 2. The minimum atomic E-state index is -0.261. The Morgan fingerprint density at radius 1 is 1.02 bits per heavy atom. The molecule has 1 aliphatic heterocycles. The van der Waals surface area contributed by atoms with E-state index in [1.54, 1.807) is 7.11 Å². The number of carbonyl (C=O) groups excluding carboxylic acids is 2. The maximum absolute atomic E-state index is 13.4. The Morgan fingerprint density at radius 3 is 2.56 bits per heavy atom. The lowest BCUT2D eigenvalue weighted by molar-refractivity contribution is -0.132. The van der Waals surface area contributed by atoms with Gasteiger partial charge in [0.05, 0.1) is 0 Å². The van der Waals surface area contributed by atoms with Crippen LogP contribution in [0.3, 0.4) is 0 Å². The smallest absolute Gasteiger partial charge is 0.319 e. The van der Waals surface area contributed by atoms with Crippen LogP contribution in [0.1, 0.15) is 80.5 Å². The molecule has 5 rings (SSSR count). The number of hydrogen-bond donors (Lipinski definition) is 3. The Hall–Kier alpha value is -3.36. The van der Waals surface area contributed by atoms with Gasteiger partial charge in [0.1, 0.15) is 0 Å².